The predicted molar refractivity (Wildman–Crippen MR) is 70.2 cm³/mol. The van der Waals surface area contributed by atoms with Gasteiger partial charge in [-0.1, -0.05) is 26.0 Å². The molecule has 0 spiro atoms. The van der Waals surface area contributed by atoms with Gasteiger partial charge in [-0.2, -0.15) is 0 Å². The predicted octanol–water partition coefficient (Wildman–Crippen LogP) is 1.44. The van der Waals surface area contributed by atoms with Crippen molar-refractivity contribution < 1.29 is 9.53 Å². The highest BCUT2D eigenvalue weighted by atomic mass is 16.5. The average Bonchev–Trinajstić information content (AvgIpc) is 2.94. The van der Waals surface area contributed by atoms with Crippen molar-refractivity contribution in [1.82, 2.24) is 5.32 Å². The zero-order valence-electron chi connectivity index (χ0n) is 10.9. The van der Waals surface area contributed by atoms with Crippen LogP contribution in [0.15, 0.2) is 24.3 Å². The summed E-state index contributed by atoms with van der Waals surface area (Å²) < 4.78 is 5.41. The standard InChI is InChI=1S/C14H20N2O2/c1-14(2)7-12(14)16-13(17)9-18-11-5-3-10(8-15)4-6-11/h3-6,12H,7-9,15H2,1-2H3,(H,16,17). The highest BCUT2D eigenvalue weighted by Crippen LogP contribution is 2.44. The third kappa shape index (κ3) is 3.23. The molecule has 1 amide bonds. The van der Waals surface area contributed by atoms with Gasteiger partial charge in [-0.25, -0.2) is 0 Å². The first-order valence-electron chi connectivity index (χ1n) is 6.22. The molecule has 0 heterocycles. The molecule has 1 atom stereocenters. The number of carbonyl (C=O) groups is 1. The molecule has 98 valence electrons. The van der Waals surface area contributed by atoms with Gasteiger partial charge in [0.15, 0.2) is 6.61 Å². The van der Waals surface area contributed by atoms with Gasteiger partial charge in [-0.05, 0) is 29.5 Å². The Kier molecular flexibility index (Phi) is 3.57. The van der Waals surface area contributed by atoms with Crippen molar-refractivity contribution in [3.8, 4) is 5.75 Å². The van der Waals surface area contributed by atoms with Gasteiger partial charge < -0.3 is 15.8 Å². The minimum atomic E-state index is -0.0616. The Hall–Kier alpha value is -1.55. The topological polar surface area (TPSA) is 64.3 Å². The van der Waals surface area contributed by atoms with Crippen LogP contribution in [0.4, 0.5) is 0 Å². The van der Waals surface area contributed by atoms with Gasteiger partial charge in [0.1, 0.15) is 5.75 Å². The fourth-order valence-electron chi connectivity index (χ4n) is 1.82. The molecular formula is C14H20N2O2. The Morgan fingerprint density at radius 3 is 2.56 bits per heavy atom. The lowest BCUT2D eigenvalue weighted by atomic mass is 10.2. The van der Waals surface area contributed by atoms with E-state index in [1.54, 1.807) is 0 Å². The Morgan fingerprint density at radius 1 is 1.44 bits per heavy atom. The number of ether oxygens (including phenoxy) is 1. The third-order valence-corrected chi connectivity index (χ3v) is 3.38. The molecule has 2 rings (SSSR count). The Morgan fingerprint density at radius 2 is 2.06 bits per heavy atom. The van der Waals surface area contributed by atoms with Crippen LogP contribution in [0.2, 0.25) is 0 Å². The quantitative estimate of drug-likeness (QED) is 0.828. The van der Waals surface area contributed by atoms with E-state index in [0.29, 0.717) is 18.3 Å². The number of rotatable bonds is 5. The van der Waals surface area contributed by atoms with E-state index in [-0.39, 0.29) is 17.9 Å². The van der Waals surface area contributed by atoms with Crippen molar-refractivity contribution in [1.29, 1.82) is 0 Å². The van der Waals surface area contributed by atoms with Crippen LogP contribution in [-0.4, -0.2) is 18.6 Å². The molecule has 18 heavy (non-hydrogen) atoms. The molecule has 3 N–H and O–H groups in total. The maximum absolute atomic E-state index is 11.6. The number of hydrogen-bond acceptors (Lipinski definition) is 3. The monoisotopic (exact) mass is 248 g/mol. The molecule has 0 radical (unpaired) electrons. The van der Waals surface area contributed by atoms with E-state index < -0.39 is 0 Å². The fourth-order valence-corrected chi connectivity index (χ4v) is 1.82. The number of hydrogen-bond donors (Lipinski definition) is 2. The molecule has 1 aromatic carbocycles. The molecule has 0 aliphatic heterocycles. The Bertz CT molecular complexity index is 426. The van der Waals surface area contributed by atoms with Crippen LogP contribution in [-0.2, 0) is 11.3 Å². The van der Waals surface area contributed by atoms with Crippen molar-refractivity contribution in [3.05, 3.63) is 29.8 Å². The van der Waals surface area contributed by atoms with Crippen LogP contribution in [0, 0.1) is 5.41 Å². The maximum Gasteiger partial charge on any atom is 0.258 e. The summed E-state index contributed by atoms with van der Waals surface area (Å²) in [4.78, 5) is 11.6. The Labute approximate surface area is 108 Å². The van der Waals surface area contributed by atoms with Gasteiger partial charge in [0.25, 0.3) is 5.91 Å². The Balaban J connectivity index is 1.75. The molecule has 0 bridgehead atoms. The second-order valence-electron chi connectivity index (χ2n) is 5.45. The lowest BCUT2D eigenvalue weighted by Gasteiger charge is -2.09. The van der Waals surface area contributed by atoms with Crippen LogP contribution in [0.5, 0.6) is 5.75 Å². The molecule has 1 aliphatic rings. The van der Waals surface area contributed by atoms with Gasteiger partial charge in [0, 0.05) is 12.6 Å². The summed E-state index contributed by atoms with van der Waals surface area (Å²) >= 11 is 0. The van der Waals surface area contributed by atoms with Crippen molar-refractivity contribution >= 4 is 5.91 Å². The summed E-state index contributed by atoms with van der Waals surface area (Å²) in [6.45, 7) is 4.86. The van der Waals surface area contributed by atoms with Gasteiger partial charge in [-0.3, -0.25) is 4.79 Å². The average molecular weight is 248 g/mol. The molecule has 4 nitrogen and oxygen atoms in total. The maximum atomic E-state index is 11.6. The van der Waals surface area contributed by atoms with Gasteiger partial charge in [-0.15, -0.1) is 0 Å². The minimum absolute atomic E-state index is 0.0616. The zero-order chi connectivity index (χ0) is 13.2. The first-order valence-corrected chi connectivity index (χ1v) is 6.22. The number of carbonyl (C=O) groups excluding carboxylic acids is 1. The SMILES string of the molecule is CC1(C)CC1NC(=O)COc1ccc(CN)cc1. The summed E-state index contributed by atoms with van der Waals surface area (Å²) in [5, 5.41) is 2.95. The molecule has 0 aromatic heterocycles. The normalized spacial score (nSPS) is 20.3. The summed E-state index contributed by atoms with van der Waals surface area (Å²) in [5.74, 6) is 0.630. The van der Waals surface area contributed by atoms with E-state index in [1.807, 2.05) is 24.3 Å². The molecule has 1 fully saturated rings. The van der Waals surface area contributed by atoms with Crippen LogP contribution in [0.25, 0.3) is 0 Å². The summed E-state index contributed by atoms with van der Waals surface area (Å²) in [6.07, 6.45) is 1.05. The summed E-state index contributed by atoms with van der Waals surface area (Å²) in [6, 6.07) is 7.76. The number of nitrogens with two attached hydrogens (primary N) is 1. The first-order chi connectivity index (χ1) is 8.51. The molecular weight excluding hydrogens is 228 g/mol. The van der Waals surface area contributed by atoms with Gasteiger partial charge >= 0.3 is 0 Å². The molecule has 4 heteroatoms. The summed E-state index contributed by atoms with van der Waals surface area (Å²) in [5.41, 5.74) is 6.80. The number of amides is 1. The van der Waals surface area contributed by atoms with Crippen LogP contribution in [0.1, 0.15) is 25.8 Å². The number of nitrogens with one attached hydrogen (secondary N) is 1. The summed E-state index contributed by atoms with van der Waals surface area (Å²) in [7, 11) is 0. The van der Waals surface area contributed by atoms with E-state index in [4.69, 9.17) is 10.5 Å². The smallest absolute Gasteiger partial charge is 0.258 e. The second kappa shape index (κ2) is 4.98. The van der Waals surface area contributed by atoms with Gasteiger partial charge in [0.05, 0.1) is 0 Å². The third-order valence-electron chi connectivity index (χ3n) is 3.38. The lowest BCUT2D eigenvalue weighted by molar-refractivity contribution is -0.123. The molecule has 1 aromatic rings. The van der Waals surface area contributed by atoms with Crippen LogP contribution in [0.3, 0.4) is 0 Å². The second-order valence-corrected chi connectivity index (χ2v) is 5.45. The fraction of sp³-hybridized carbons (Fsp3) is 0.500. The number of benzene rings is 1. The zero-order valence-corrected chi connectivity index (χ0v) is 10.9. The minimum Gasteiger partial charge on any atom is -0.484 e. The molecule has 1 unspecified atom stereocenters. The van der Waals surface area contributed by atoms with Crippen molar-refractivity contribution in [2.24, 2.45) is 11.1 Å². The molecule has 1 saturated carbocycles. The van der Waals surface area contributed by atoms with E-state index in [9.17, 15) is 4.79 Å². The van der Waals surface area contributed by atoms with E-state index in [0.717, 1.165) is 12.0 Å². The van der Waals surface area contributed by atoms with Crippen molar-refractivity contribution in [2.45, 2.75) is 32.9 Å². The van der Waals surface area contributed by atoms with Gasteiger partial charge in [0.2, 0.25) is 0 Å². The molecule has 1 aliphatic carbocycles. The van der Waals surface area contributed by atoms with Crippen molar-refractivity contribution in [3.63, 3.8) is 0 Å². The highest BCUT2D eigenvalue weighted by Gasteiger charge is 2.46. The van der Waals surface area contributed by atoms with E-state index in [2.05, 4.69) is 19.2 Å². The highest BCUT2D eigenvalue weighted by molar-refractivity contribution is 5.78. The molecule has 0 saturated heterocycles. The van der Waals surface area contributed by atoms with Crippen molar-refractivity contribution in [2.75, 3.05) is 6.61 Å². The van der Waals surface area contributed by atoms with Crippen LogP contribution < -0.4 is 15.8 Å². The lowest BCUT2D eigenvalue weighted by Crippen LogP contribution is -2.32. The largest absolute Gasteiger partial charge is 0.484 e. The van der Waals surface area contributed by atoms with E-state index in [1.165, 1.54) is 0 Å². The van der Waals surface area contributed by atoms with E-state index >= 15 is 0 Å². The van der Waals surface area contributed by atoms with Crippen LogP contribution >= 0.6 is 0 Å². The first kappa shape index (κ1) is 12.9.